The molecule has 3 amide bonds. The molecule has 1 aromatic carbocycles. The molecule has 3 heterocycles. The van der Waals surface area contributed by atoms with E-state index < -0.39 is 11.8 Å². The zero-order valence-electron chi connectivity index (χ0n) is 21.5. The number of carbonyl (C=O) groups is 3. The molecule has 208 valence electrons. The first-order chi connectivity index (χ1) is 18.7. The van der Waals surface area contributed by atoms with Gasteiger partial charge in [-0.3, -0.25) is 24.6 Å². The second-order valence-corrected chi connectivity index (χ2v) is 12.9. The Bertz CT molecular complexity index is 1280. The molecule has 8 nitrogen and oxygen atoms in total. The van der Waals surface area contributed by atoms with Crippen molar-refractivity contribution in [2.45, 2.75) is 50.9 Å². The first kappa shape index (κ1) is 28.5. The van der Waals surface area contributed by atoms with Crippen LogP contribution in [0.15, 0.2) is 33.3 Å². The van der Waals surface area contributed by atoms with Crippen molar-refractivity contribution in [3.05, 3.63) is 60.7 Å². The van der Waals surface area contributed by atoms with Gasteiger partial charge in [-0.05, 0) is 101 Å². The summed E-state index contributed by atoms with van der Waals surface area (Å²) in [6.07, 6.45) is 7.27. The van der Waals surface area contributed by atoms with E-state index in [1.54, 1.807) is 0 Å². The second kappa shape index (κ2) is 12.2. The Morgan fingerprint density at radius 1 is 0.974 bits per heavy atom. The normalized spacial score (nSPS) is 20.2. The molecule has 39 heavy (non-hydrogen) atoms. The Hall–Kier alpha value is -2.01. The Balaban J connectivity index is 1.25. The van der Waals surface area contributed by atoms with Crippen LogP contribution < -0.4 is 5.48 Å². The maximum Gasteiger partial charge on any atom is 0.332 e. The molecule has 0 bridgehead atoms. The van der Waals surface area contributed by atoms with Gasteiger partial charge in [0.05, 0.1) is 5.69 Å². The lowest BCUT2D eigenvalue weighted by Crippen LogP contribution is -2.46. The number of benzene rings is 1. The molecule has 1 atom stereocenters. The molecular weight excluding hydrogens is 652 g/mol. The monoisotopic (exact) mass is 680 g/mol. The van der Waals surface area contributed by atoms with Gasteiger partial charge < -0.3 is 9.80 Å². The third-order valence-corrected chi connectivity index (χ3v) is 9.75. The van der Waals surface area contributed by atoms with Gasteiger partial charge in [-0.2, -0.15) is 0 Å². The molecule has 1 aliphatic carbocycles. The van der Waals surface area contributed by atoms with Gasteiger partial charge in [-0.15, -0.1) is 0 Å². The van der Waals surface area contributed by atoms with Gasteiger partial charge >= 0.3 is 11.8 Å². The minimum absolute atomic E-state index is 0.132. The van der Waals surface area contributed by atoms with E-state index in [4.69, 9.17) is 21.8 Å². The molecular formula is C28H31Br2ClN4O4. The number of nitrogens with one attached hydrogen (secondary N) is 1. The van der Waals surface area contributed by atoms with Crippen LogP contribution in [0.3, 0.4) is 0 Å². The number of likely N-dealkylation sites (tertiary alicyclic amines) is 2. The number of hydroxylamine groups is 1. The van der Waals surface area contributed by atoms with Crippen LogP contribution in [0.5, 0.6) is 0 Å². The van der Waals surface area contributed by atoms with E-state index >= 15 is 0 Å². The van der Waals surface area contributed by atoms with E-state index in [1.807, 2.05) is 17.2 Å². The quantitative estimate of drug-likeness (QED) is 0.274. The van der Waals surface area contributed by atoms with Crippen molar-refractivity contribution in [1.82, 2.24) is 20.3 Å². The summed E-state index contributed by atoms with van der Waals surface area (Å²) in [7, 11) is 0. The zero-order valence-corrected chi connectivity index (χ0v) is 25.4. The van der Waals surface area contributed by atoms with Crippen LogP contribution in [-0.2, 0) is 27.2 Å². The van der Waals surface area contributed by atoms with Crippen LogP contribution in [0.1, 0.15) is 60.4 Å². The minimum atomic E-state index is -1.02. The van der Waals surface area contributed by atoms with Gasteiger partial charge in [0.25, 0.3) is 0 Å². The number of hydrogen-bond donors (Lipinski definition) is 2. The van der Waals surface area contributed by atoms with Crippen molar-refractivity contribution in [3.8, 4) is 0 Å². The molecule has 5 rings (SSSR count). The van der Waals surface area contributed by atoms with Crippen molar-refractivity contribution in [1.29, 1.82) is 0 Å². The van der Waals surface area contributed by atoms with Crippen LogP contribution in [0, 0.1) is 11.8 Å². The topological polar surface area (TPSA) is 103 Å². The number of piperidine rings is 2. The summed E-state index contributed by atoms with van der Waals surface area (Å²) < 4.78 is 2.00. The molecule has 1 aromatic heterocycles. The summed E-state index contributed by atoms with van der Waals surface area (Å²) in [5, 5.41) is 9.42. The van der Waals surface area contributed by atoms with Crippen LogP contribution in [0.2, 0.25) is 5.02 Å². The van der Waals surface area contributed by atoms with E-state index in [1.165, 1.54) is 27.1 Å². The standard InChI is InChI=1S/C28H31Br2ClN4O4/c29-20-12-19-2-1-18-13-21(31)14-22(30)24(18)25(26(19)32-15-20)17-5-9-34(10-6-17)23(36)11-16-3-7-35(8-4-16)28(38)27(37)33-39/h12-17,25,39H,1-11H2,(H,33,37)/t25-/m1/s1. The van der Waals surface area contributed by atoms with Crippen LogP contribution in [-0.4, -0.2) is 63.9 Å². The van der Waals surface area contributed by atoms with Crippen LogP contribution in [0.25, 0.3) is 0 Å². The van der Waals surface area contributed by atoms with Gasteiger partial charge in [-0.1, -0.05) is 27.5 Å². The number of hydrogen-bond acceptors (Lipinski definition) is 5. The number of aromatic nitrogens is 1. The number of carbonyl (C=O) groups excluding carboxylic acids is 3. The highest BCUT2D eigenvalue weighted by atomic mass is 79.9. The largest absolute Gasteiger partial charge is 0.343 e. The third-order valence-electron chi connectivity index (χ3n) is 8.44. The summed E-state index contributed by atoms with van der Waals surface area (Å²) in [6, 6.07) is 6.25. The van der Waals surface area contributed by atoms with E-state index in [0.29, 0.717) is 51.4 Å². The fraction of sp³-hybridized carbons (Fsp3) is 0.500. The summed E-state index contributed by atoms with van der Waals surface area (Å²) in [6.45, 7) is 2.24. The van der Waals surface area contributed by atoms with Crippen molar-refractivity contribution < 1.29 is 19.6 Å². The van der Waals surface area contributed by atoms with Crippen LogP contribution >= 0.6 is 43.5 Å². The number of rotatable bonds is 3. The highest BCUT2D eigenvalue weighted by Gasteiger charge is 2.37. The summed E-state index contributed by atoms with van der Waals surface area (Å²) in [5.41, 5.74) is 6.31. The van der Waals surface area contributed by atoms with E-state index in [0.717, 1.165) is 45.3 Å². The fourth-order valence-electron chi connectivity index (χ4n) is 6.42. The summed E-state index contributed by atoms with van der Waals surface area (Å²) in [4.78, 5) is 44.9. The molecule has 2 fully saturated rings. The molecule has 2 saturated heterocycles. The Kier molecular flexibility index (Phi) is 8.95. The van der Waals surface area contributed by atoms with E-state index in [-0.39, 0.29) is 17.7 Å². The SMILES string of the molecule is O=C(NO)C(=O)N1CCC(CC(=O)N2CCC([C@H]3c4ncc(Br)cc4CCc4cc(Cl)cc(Br)c43)CC2)CC1. The number of fused-ring (bicyclic) bond motifs is 2. The van der Waals surface area contributed by atoms with Gasteiger partial charge in [0.15, 0.2) is 0 Å². The average molecular weight is 683 g/mol. The molecule has 2 aromatic rings. The fourth-order valence-corrected chi connectivity index (χ4v) is 7.92. The molecule has 2 aliphatic heterocycles. The average Bonchev–Trinajstić information content (AvgIpc) is 3.09. The lowest BCUT2D eigenvalue weighted by molar-refractivity contribution is -0.151. The highest BCUT2D eigenvalue weighted by Crippen LogP contribution is 2.46. The Morgan fingerprint density at radius 2 is 1.64 bits per heavy atom. The number of nitrogens with zero attached hydrogens (tertiary/aromatic N) is 3. The van der Waals surface area contributed by atoms with Crippen molar-refractivity contribution in [2.24, 2.45) is 11.8 Å². The lowest BCUT2D eigenvalue weighted by atomic mass is 9.76. The lowest BCUT2D eigenvalue weighted by Gasteiger charge is -2.38. The smallest absolute Gasteiger partial charge is 0.332 e. The third kappa shape index (κ3) is 6.19. The molecule has 11 heteroatoms. The molecule has 0 saturated carbocycles. The predicted octanol–water partition coefficient (Wildman–Crippen LogP) is 4.86. The van der Waals surface area contributed by atoms with Gasteiger partial charge in [-0.25, -0.2) is 5.48 Å². The van der Waals surface area contributed by atoms with Crippen LogP contribution in [0.4, 0.5) is 0 Å². The Morgan fingerprint density at radius 3 is 2.33 bits per heavy atom. The first-order valence-electron chi connectivity index (χ1n) is 13.4. The Labute approximate surface area is 249 Å². The van der Waals surface area contributed by atoms with E-state index in [2.05, 4.69) is 44.0 Å². The number of halogens is 3. The zero-order chi connectivity index (χ0) is 27.7. The molecule has 0 spiro atoms. The predicted molar refractivity (Wildman–Crippen MR) is 153 cm³/mol. The summed E-state index contributed by atoms with van der Waals surface area (Å²) in [5.74, 6) is -0.940. The van der Waals surface area contributed by atoms with Crippen molar-refractivity contribution >= 4 is 61.2 Å². The number of amides is 3. The minimum Gasteiger partial charge on any atom is -0.343 e. The highest BCUT2D eigenvalue weighted by molar-refractivity contribution is 9.10. The second-order valence-electron chi connectivity index (χ2n) is 10.7. The van der Waals surface area contributed by atoms with E-state index in [9.17, 15) is 14.4 Å². The van der Waals surface area contributed by atoms with Gasteiger partial charge in [0.2, 0.25) is 5.91 Å². The van der Waals surface area contributed by atoms with Crippen molar-refractivity contribution in [2.75, 3.05) is 26.2 Å². The maximum atomic E-state index is 13.2. The van der Waals surface area contributed by atoms with Gasteiger partial charge in [0.1, 0.15) is 0 Å². The number of aryl methyl sites for hydroxylation is 2. The molecule has 3 aliphatic rings. The summed E-state index contributed by atoms with van der Waals surface area (Å²) >= 11 is 13.8. The molecule has 2 N–H and O–H groups in total. The molecule has 0 radical (unpaired) electrons. The molecule has 0 unspecified atom stereocenters. The maximum absolute atomic E-state index is 13.2. The van der Waals surface area contributed by atoms with Gasteiger partial charge in [0, 0.05) is 58.7 Å². The van der Waals surface area contributed by atoms with Crippen molar-refractivity contribution in [3.63, 3.8) is 0 Å². The first-order valence-corrected chi connectivity index (χ1v) is 15.3. The number of pyridine rings is 1.